The van der Waals surface area contributed by atoms with Crippen LogP contribution in [0.25, 0.3) is 0 Å². The van der Waals surface area contributed by atoms with Gasteiger partial charge in [-0.1, -0.05) is 18.2 Å². The molecule has 20 heavy (non-hydrogen) atoms. The molecule has 106 valence electrons. The minimum absolute atomic E-state index is 0.0307. The number of benzene rings is 2. The highest BCUT2D eigenvalue weighted by atomic mass is 32.2. The normalized spacial score (nSPS) is 11.2. The lowest BCUT2D eigenvalue weighted by atomic mass is 10.3. The summed E-state index contributed by atoms with van der Waals surface area (Å²) in [6.07, 6.45) is 0. The molecule has 0 bridgehead atoms. The van der Waals surface area contributed by atoms with Crippen LogP contribution in [0.1, 0.15) is 6.92 Å². The summed E-state index contributed by atoms with van der Waals surface area (Å²) in [5, 5.41) is 0. The quantitative estimate of drug-likeness (QED) is 0.844. The van der Waals surface area contributed by atoms with Gasteiger partial charge in [0, 0.05) is 12.2 Å². The minimum atomic E-state index is -3.73. The van der Waals surface area contributed by atoms with Gasteiger partial charge in [-0.3, -0.25) is 4.31 Å². The maximum Gasteiger partial charge on any atom is 0.266 e. The van der Waals surface area contributed by atoms with E-state index < -0.39 is 10.0 Å². The summed E-state index contributed by atoms with van der Waals surface area (Å²) in [7, 11) is -3.73. The fourth-order valence-electron chi connectivity index (χ4n) is 1.98. The van der Waals surface area contributed by atoms with Crippen molar-refractivity contribution in [2.24, 2.45) is 0 Å². The highest BCUT2D eigenvalue weighted by molar-refractivity contribution is 7.93. The molecule has 0 heterocycles. The molecule has 2 aromatic rings. The van der Waals surface area contributed by atoms with Crippen LogP contribution < -0.4 is 15.8 Å². The van der Waals surface area contributed by atoms with Gasteiger partial charge in [0.05, 0.1) is 11.4 Å². The number of anilines is 3. The Balaban J connectivity index is 2.56. The predicted molar refractivity (Wildman–Crippen MR) is 81.9 cm³/mol. The number of hydrogen-bond donors (Lipinski definition) is 2. The smallest absolute Gasteiger partial charge is 0.266 e. The van der Waals surface area contributed by atoms with Crippen LogP contribution in [-0.2, 0) is 10.0 Å². The van der Waals surface area contributed by atoms with Crippen LogP contribution in [0.4, 0.5) is 17.1 Å². The Labute approximate surface area is 118 Å². The molecule has 0 fully saturated rings. The van der Waals surface area contributed by atoms with Gasteiger partial charge in [-0.15, -0.1) is 0 Å². The molecule has 0 saturated heterocycles. The molecule has 0 atom stereocenters. The maximum atomic E-state index is 12.7. The summed E-state index contributed by atoms with van der Waals surface area (Å²) in [4.78, 5) is 0.0307. The Morgan fingerprint density at radius 2 is 1.70 bits per heavy atom. The van der Waals surface area contributed by atoms with Gasteiger partial charge in [0.2, 0.25) is 0 Å². The van der Waals surface area contributed by atoms with E-state index in [1.165, 1.54) is 16.4 Å². The lowest BCUT2D eigenvalue weighted by Gasteiger charge is -2.23. The van der Waals surface area contributed by atoms with Crippen LogP contribution in [0.5, 0.6) is 0 Å². The Bertz CT molecular complexity index is 700. The summed E-state index contributed by atoms with van der Waals surface area (Å²) in [5.41, 5.74) is 12.6. The van der Waals surface area contributed by atoms with Crippen molar-refractivity contribution in [2.75, 3.05) is 22.3 Å². The van der Waals surface area contributed by atoms with Gasteiger partial charge in [0.1, 0.15) is 4.90 Å². The number of para-hydroxylation sites is 1. The van der Waals surface area contributed by atoms with Crippen LogP contribution in [0.2, 0.25) is 0 Å². The molecule has 0 aromatic heterocycles. The molecule has 0 saturated carbocycles. The van der Waals surface area contributed by atoms with E-state index in [9.17, 15) is 8.42 Å². The zero-order chi connectivity index (χ0) is 14.8. The van der Waals surface area contributed by atoms with E-state index in [0.717, 1.165) is 0 Å². The third-order valence-electron chi connectivity index (χ3n) is 2.94. The number of rotatable bonds is 4. The Hall–Kier alpha value is -2.21. The van der Waals surface area contributed by atoms with E-state index in [1.807, 2.05) is 6.07 Å². The average Bonchev–Trinajstić information content (AvgIpc) is 2.43. The largest absolute Gasteiger partial charge is 0.399 e. The van der Waals surface area contributed by atoms with Crippen LogP contribution in [0.15, 0.2) is 53.4 Å². The zero-order valence-corrected chi connectivity index (χ0v) is 12.0. The maximum absolute atomic E-state index is 12.7. The number of hydrogen-bond acceptors (Lipinski definition) is 4. The van der Waals surface area contributed by atoms with Gasteiger partial charge in [-0.2, -0.15) is 0 Å². The standard InChI is InChI=1S/C14H17N3O2S/c1-2-17(12-6-4-3-5-7-12)20(18,19)14-10-11(15)8-9-13(14)16/h3-10H,2,15-16H2,1H3. The average molecular weight is 291 g/mol. The van der Waals surface area contributed by atoms with E-state index in [1.54, 1.807) is 37.3 Å². The second-order valence-corrected chi connectivity index (χ2v) is 6.13. The van der Waals surface area contributed by atoms with Crippen molar-refractivity contribution in [3.05, 3.63) is 48.5 Å². The van der Waals surface area contributed by atoms with Gasteiger partial charge in [-0.25, -0.2) is 8.42 Å². The van der Waals surface area contributed by atoms with Crippen LogP contribution >= 0.6 is 0 Å². The fraction of sp³-hybridized carbons (Fsp3) is 0.143. The fourth-order valence-corrected chi connectivity index (χ4v) is 3.61. The molecule has 0 radical (unpaired) electrons. The second-order valence-electron chi connectivity index (χ2n) is 4.30. The first-order chi connectivity index (χ1) is 9.46. The topological polar surface area (TPSA) is 89.4 Å². The second kappa shape index (κ2) is 5.42. The third-order valence-corrected chi connectivity index (χ3v) is 4.90. The first-order valence-electron chi connectivity index (χ1n) is 6.19. The van der Waals surface area contributed by atoms with E-state index >= 15 is 0 Å². The van der Waals surface area contributed by atoms with E-state index in [2.05, 4.69) is 0 Å². The molecular formula is C14H17N3O2S. The Kier molecular flexibility index (Phi) is 3.85. The van der Waals surface area contributed by atoms with Crippen molar-refractivity contribution in [1.29, 1.82) is 0 Å². The molecule has 5 nitrogen and oxygen atoms in total. The molecule has 2 rings (SSSR count). The van der Waals surface area contributed by atoms with Crippen LogP contribution in [0, 0.1) is 0 Å². The van der Waals surface area contributed by atoms with Gasteiger partial charge in [-0.05, 0) is 37.3 Å². The molecule has 0 unspecified atom stereocenters. The van der Waals surface area contributed by atoms with Crippen LogP contribution in [-0.4, -0.2) is 15.0 Å². The summed E-state index contributed by atoms with van der Waals surface area (Å²) in [5.74, 6) is 0. The highest BCUT2D eigenvalue weighted by Crippen LogP contribution is 2.28. The Morgan fingerprint density at radius 1 is 1.05 bits per heavy atom. The lowest BCUT2D eigenvalue weighted by Crippen LogP contribution is -2.31. The van der Waals surface area contributed by atoms with Gasteiger partial charge in [0.15, 0.2) is 0 Å². The molecule has 2 aromatic carbocycles. The molecule has 0 amide bonds. The summed E-state index contributed by atoms with van der Waals surface area (Å²) < 4.78 is 26.8. The van der Waals surface area contributed by atoms with Gasteiger partial charge >= 0.3 is 0 Å². The molecule has 4 N–H and O–H groups in total. The van der Waals surface area contributed by atoms with Crippen LogP contribution in [0.3, 0.4) is 0 Å². The molecule has 0 aliphatic carbocycles. The molecule has 6 heteroatoms. The highest BCUT2D eigenvalue weighted by Gasteiger charge is 2.25. The number of nitrogens with two attached hydrogens (primary N) is 2. The SMILES string of the molecule is CCN(c1ccccc1)S(=O)(=O)c1cc(N)ccc1N. The molecule has 0 aliphatic heterocycles. The first-order valence-corrected chi connectivity index (χ1v) is 7.63. The first kappa shape index (κ1) is 14.2. The van der Waals surface area contributed by atoms with E-state index in [0.29, 0.717) is 17.9 Å². The predicted octanol–water partition coefficient (Wildman–Crippen LogP) is 2.07. The monoisotopic (exact) mass is 291 g/mol. The summed E-state index contributed by atoms with van der Waals surface area (Å²) in [6.45, 7) is 2.08. The summed E-state index contributed by atoms with van der Waals surface area (Å²) >= 11 is 0. The number of sulfonamides is 1. The minimum Gasteiger partial charge on any atom is -0.399 e. The zero-order valence-electron chi connectivity index (χ0n) is 11.2. The number of nitrogen functional groups attached to an aromatic ring is 2. The summed E-state index contributed by atoms with van der Waals surface area (Å²) in [6, 6.07) is 13.4. The van der Waals surface area contributed by atoms with E-state index in [-0.39, 0.29) is 10.6 Å². The Morgan fingerprint density at radius 3 is 2.30 bits per heavy atom. The molecule has 0 aliphatic rings. The van der Waals surface area contributed by atoms with Gasteiger partial charge < -0.3 is 11.5 Å². The van der Waals surface area contributed by atoms with Crippen molar-refractivity contribution >= 4 is 27.1 Å². The van der Waals surface area contributed by atoms with Crippen molar-refractivity contribution in [3.8, 4) is 0 Å². The number of nitrogens with zero attached hydrogens (tertiary/aromatic N) is 1. The molecule has 0 spiro atoms. The van der Waals surface area contributed by atoms with E-state index in [4.69, 9.17) is 11.5 Å². The third kappa shape index (κ3) is 2.55. The lowest BCUT2D eigenvalue weighted by molar-refractivity contribution is 0.592. The van der Waals surface area contributed by atoms with Gasteiger partial charge in [0.25, 0.3) is 10.0 Å². The van der Waals surface area contributed by atoms with Crippen molar-refractivity contribution in [1.82, 2.24) is 0 Å². The van der Waals surface area contributed by atoms with Crippen molar-refractivity contribution in [2.45, 2.75) is 11.8 Å². The van der Waals surface area contributed by atoms with Crippen molar-refractivity contribution in [3.63, 3.8) is 0 Å². The molecular weight excluding hydrogens is 274 g/mol. The van der Waals surface area contributed by atoms with Crippen molar-refractivity contribution < 1.29 is 8.42 Å².